The second-order valence-corrected chi connectivity index (χ2v) is 7.77. The maximum Gasteiger partial charge on any atom is 0.223 e. The number of fused-ring (bicyclic) bond motifs is 1. The fourth-order valence-electron chi connectivity index (χ4n) is 4.37. The van der Waals surface area contributed by atoms with Crippen molar-refractivity contribution in [2.45, 2.75) is 56.8 Å². The molecule has 1 aromatic rings. The lowest BCUT2D eigenvalue weighted by atomic mass is 10.0. The predicted octanol–water partition coefficient (Wildman–Crippen LogP) is 1.61. The molecule has 0 spiro atoms. The summed E-state index contributed by atoms with van der Waals surface area (Å²) in [6.45, 7) is 3.80. The Kier molecular flexibility index (Phi) is 6.32. The zero-order valence-electron chi connectivity index (χ0n) is 15.8. The predicted molar refractivity (Wildman–Crippen MR) is 98.1 cm³/mol. The van der Waals surface area contributed by atoms with E-state index in [0.29, 0.717) is 25.3 Å². The average Bonchev–Trinajstić information content (AvgIpc) is 3.11. The summed E-state index contributed by atoms with van der Waals surface area (Å²) in [4.78, 5) is 22.9. The fraction of sp³-hybridized carbons (Fsp3) is 0.750. The zero-order valence-corrected chi connectivity index (χ0v) is 15.8. The van der Waals surface area contributed by atoms with Gasteiger partial charge in [0.2, 0.25) is 5.91 Å². The van der Waals surface area contributed by atoms with Crippen LogP contribution in [-0.2, 0) is 25.4 Å². The number of rotatable bonds is 6. The molecule has 7 nitrogen and oxygen atoms in total. The van der Waals surface area contributed by atoms with Crippen molar-refractivity contribution in [3.63, 3.8) is 0 Å². The summed E-state index contributed by atoms with van der Waals surface area (Å²) in [7, 11) is 0. The molecule has 3 atom stereocenters. The number of hydrogen-bond donors (Lipinski definition) is 0. The normalized spacial score (nSPS) is 28.9. The highest BCUT2D eigenvalue weighted by Gasteiger charge is 2.46. The molecule has 148 valence electrons. The summed E-state index contributed by atoms with van der Waals surface area (Å²) < 4.78 is 17.7. The average molecular weight is 375 g/mol. The van der Waals surface area contributed by atoms with Crippen molar-refractivity contribution >= 4 is 5.91 Å². The van der Waals surface area contributed by atoms with Gasteiger partial charge in [0.1, 0.15) is 18.5 Å². The van der Waals surface area contributed by atoms with Crippen LogP contribution in [0.5, 0.6) is 0 Å². The molecule has 0 unspecified atom stereocenters. The van der Waals surface area contributed by atoms with Crippen LogP contribution in [0, 0.1) is 5.92 Å². The number of carbonyl (C=O) groups is 1. The van der Waals surface area contributed by atoms with Crippen LogP contribution in [0.2, 0.25) is 0 Å². The van der Waals surface area contributed by atoms with Crippen molar-refractivity contribution in [2.75, 3.05) is 33.0 Å². The second kappa shape index (κ2) is 9.08. The summed E-state index contributed by atoms with van der Waals surface area (Å²) in [6, 6.07) is 0.151. The van der Waals surface area contributed by atoms with Gasteiger partial charge < -0.3 is 19.1 Å². The van der Waals surface area contributed by atoms with E-state index in [4.69, 9.17) is 14.2 Å². The quantitative estimate of drug-likeness (QED) is 0.752. The van der Waals surface area contributed by atoms with Gasteiger partial charge in [-0.2, -0.15) is 0 Å². The third-order valence-electron chi connectivity index (χ3n) is 5.93. The molecular weight excluding hydrogens is 346 g/mol. The van der Waals surface area contributed by atoms with Crippen molar-refractivity contribution in [1.82, 2.24) is 14.9 Å². The van der Waals surface area contributed by atoms with Gasteiger partial charge in [0.15, 0.2) is 0 Å². The largest absolute Gasteiger partial charge is 0.381 e. The highest BCUT2D eigenvalue weighted by Crippen LogP contribution is 2.32. The van der Waals surface area contributed by atoms with Gasteiger partial charge in [-0.25, -0.2) is 9.97 Å². The highest BCUT2D eigenvalue weighted by molar-refractivity contribution is 5.77. The highest BCUT2D eigenvalue weighted by atomic mass is 16.5. The molecule has 4 rings (SSSR count). The molecule has 0 aromatic carbocycles. The van der Waals surface area contributed by atoms with Crippen molar-refractivity contribution in [3.05, 3.63) is 24.3 Å². The first-order valence-electron chi connectivity index (χ1n) is 10.2. The van der Waals surface area contributed by atoms with E-state index < -0.39 is 0 Å². The molecule has 0 saturated carbocycles. The van der Waals surface area contributed by atoms with Crippen molar-refractivity contribution < 1.29 is 19.0 Å². The van der Waals surface area contributed by atoms with Gasteiger partial charge in [-0.3, -0.25) is 4.79 Å². The minimum absolute atomic E-state index is 0.0119. The Bertz CT molecular complexity index is 609. The van der Waals surface area contributed by atoms with Crippen molar-refractivity contribution in [2.24, 2.45) is 5.92 Å². The second-order valence-electron chi connectivity index (χ2n) is 7.77. The minimum Gasteiger partial charge on any atom is -0.381 e. The summed E-state index contributed by atoms with van der Waals surface area (Å²) in [5.74, 6) is 0.736. The summed E-state index contributed by atoms with van der Waals surface area (Å²) in [5, 5.41) is 0. The lowest BCUT2D eigenvalue weighted by Gasteiger charge is -2.32. The Balaban J connectivity index is 1.33. The van der Waals surface area contributed by atoms with E-state index >= 15 is 0 Å². The number of amides is 1. The number of aryl methyl sites for hydroxylation is 1. The Hall–Kier alpha value is -1.57. The SMILES string of the molecule is O=C(CCc1cncnc1)N1C[C@H](OCC2CCOCC2)[C@H]2OCCC[C@H]21. The van der Waals surface area contributed by atoms with E-state index in [1.807, 2.05) is 4.90 Å². The third kappa shape index (κ3) is 4.65. The molecule has 1 amide bonds. The Morgan fingerprint density at radius 1 is 1.19 bits per heavy atom. The fourth-order valence-corrected chi connectivity index (χ4v) is 4.37. The molecule has 0 radical (unpaired) electrons. The zero-order chi connectivity index (χ0) is 18.5. The number of likely N-dealkylation sites (tertiary alicyclic amines) is 1. The molecule has 0 aliphatic carbocycles. The van der Waals surface area contributed by atoms with E-state index in [1.165, 1.54) is 6.33 Å². The van der Waals surface area contributed by atoms with Crippen molar-refractivity contribution in [1.29, 1.82) is 0 Å². The van der Waals surface area contributed by atoms with Crippen molar-refractivity contribution in [3.8, 4) is 0 Å². The maximum atomic E-state index is 12.9. The van der Waals surface area contributed by atoms with Gasteiger partial charge in [-0.1, -0.05) is 0 Å². The molecule has 0 bridgehead atoms. The number of hydrogen-bond acceptors (Lipinski definition) is 6. The Morgan fingerprint density at radius 2 is 2.00 bits per heavy atom. The van der Waals surface area contributed by atoms with E-state index in [1.54, 1.807) is 12.4 Å². The molecule has 0 N–H and O–H groups in total. The van der Waals surface area contributed by atoms with Gasteiger partial charge >= 0.3 is 0 Å². The topological polar surface area (TPSA) is 73.8 Å². The molecule has 3 fully saturated rings. The summed E-state index contributed by atoms with van der Waals surface area (Å²) in [5.41, 5.74) is 0.994. The lowest BCUT2D eigenvalue weighted by Crippen LogP contribution is -2.44. The molecule has 3 aliphatic heterocycles. The van der Waals surface area contributed by atoms with Crippen LogP contribution in [0.3, 0.4) is 0 Å². The number of ether oxygens (including phenoxy) is 3. The monoisotopic (exact) mass is 375 g/mol. The molecule has 3 saturated heterocycles. The smallest absolute Gasteiger partial charge is 0.223 e. The Labute approximate surface area is 160 Å². The van der Waals surface area contributed by atoms with Crippen LogP contribution in [0.4, 0.5) is 0 Å². The molecule has 4 heterocycles. The van der Waals surface area contributed by atoms with Crippen LogP contribution in [0.25, 0.3) is 0 Å². The van der Waals surface area contributed by atoms with Gasteiger partial charge in [0, 0.05) is 45.2 Å². The van der Waals surface area contributed by atoms with Gasteiger partial charge in [-0.15, -0.1) is 0 Å². The van der Waals surface area contributed by atoms with Crippen LogP contribution < -0.4 is 0 Å². The first kappa shape index (κ1) is 18.8. The minimum atomic E-state index is -0.0119. The van der Waals surface area contributed by atoms with Crippen LogP contribution in [0.1, 0.15) is 37.7 Å². The van der Waals surface area contributed by atoms with Crippen LogP contribution >= 0.6 is 0 Å². The summed E-state index contributed by atoms with van der Waals surface area (Å²) in [6.07, 6.45) is 10.3. The molecule has 3 aliphatic rings. The lowest BCUT2D eigenvalue weighted by molar-refractivity contribution is -0.134. The van der Waals surface area contributed by atoms with Crippen LogP contribution in [-0.4, -0.2) is 72.0 Å². The summed E-state index contributed by atoms with van der Waals surface area (Å²) >= 11 is 0. The van der Waals surface area contributed by atoms with E-state index in [9.17, 15) is 4.79 Å². The number of aromatic nitrogens is 2. The molecule has 7 heteroatoms. The molecule has 1 aromatic heterocycles. The molecular formula is C20H29N3O4. The van der Waals surface area contributed by atoms with Gasteiger partial charge in [-0.05, 0) is 43.6 Å². The van der Waals surface area contributed by atoms with E-state index in [-0.39, 0.29) is 24.2 Å². The van der Waals surface area contributed by atoms with Gasteiger partial charge in [0.05, 0.1) is 12.6 Å². The maximum absolute atomic E-state index is 12.9. The number of nitrogens with zero attached hydrogens (tertiary/aromatic N) is 3. The van der Waals surface area contributed by atoms with E-state index in [0.717, 1.165) is 57.7 Å². The number of carbonyl (C=O) groups excluding carboxylic acids is 1. The van der Waals surface area contributed by atoms with E-state index in [2.05, 4.69) is 9.97 Å². The third-order valence-corrected chi connectivity index (χ3v) is 5.93. The molecule has 27 heavy (non-hydrogen) atoms. The standard InChI is InChI=1S/C20H29N3O4/c24-19(4-3-16-10-21-14-22-11-16)23-12-18(20-17(23)2-1-7-26-20)27-13-15-5-8-25-9-6-15/h10-11,14-15,17-18,20H,1-9,12-13H2/t17-,18+,20+/m1/s1. The van der Waals surface area contributed by atoms with Gasteiger partial charge in [0.25, 0.3) is 0 Å². The van der Waals surface area contributed by atoms with Crippen LogP contribution in [0.15, 0.2) is 18.7 Å². The Morgan fingerprint density at radius 3 is 2.81 bits per heavy atom. The first-order valence-corrected chi connectivity index (χ1v) is 10.2. The first-order chi connectivity index (χ1) is 13.3.